The predicted octanol–water partition coefficient (Wildman–Crippen LogP) is 1.63. The van der Waals surface area contributed by atoms with Gasteiger partial charge >= 0.3 is 0 Å². The van der Waals surface area contributed by atoms with Crippen LogP contribution in [0.3, 0.4) is 0 Å². The number of carbonyl (C=O) groups excluding carboxylic acids is 1. The highest BCUT2D eigenvalue weighted by atomic mass is 16.3. The van der Waals surface area contributed by atoms with Crippen LogP contribution in [0.5, 0.6) is 0 Å². The molecule has 2 unspecified atom stereocenters. The quantitative estimate of drug-likeness (QED) is 0.691. The van der Waals surface area contributed by atoms with E-state index in [2.05, 4.69) is 26.1 Å². The number of piperidine rings is 1. The van der Waals surface area contributed by atoms with Gasteiger partial charge in [0.05, 0.1) is 0 Å². The van der Waals surface area contributed by atoms with Crippen molar-refractivity contribution in [2.45, 2.75) is 52.5 Å². The highest BCUT2D eigenvalue weighted by Gasteiger charge is 2.28. The van der Waals surface area contributed by atoms with Crippen molar-refractivity contribution in [2.75, 3.05) is 26.2 Å². The molecule has 1 rings (SSSR count). The van der Waals surface area contributed by atoms with Gasteiger partial charge in [-0.1, -0.05) is 27.2 Å². The van der Waals surface area contributed by atoms with Crippen LogP contribution in [-0.2, 0) is 4.79 Å². The summed E-state index contributed by atoms with van der Waals surface area (Å²) < 4.78 is 0. The van der Waals surface area contributed by atoms with Gasteiger partial charge < -0.3 is 15.3 Å². The van der Waals surface area contributed by atoms with E-state index in [1.165, 1.54) is 0 Å². The van der Waals surface area contributed by atoms with Crippen LogP contribution in [0.4, 0.5) is 0 Å². The maximum atomic E-state index is 12.2. The molecule has 0 bridgehead atoms. The molecule has 2 N–H and O–H groups in total. The number of nitrogens with zero attached hydrogens (tertiary/aromatic N) is 1. The molecule has 1 amide bonds. The molecule has 0 aliphatic carbocycles. The fourth-order valence-corrected chi connectivity index (χ4v) is 2.71. The van der Waals surface area contributed by atoms with E-state index in [0.717, 1.165) is 38.9 Å². The third-order valence-corrected chi connectivity index (χ3v) is 3.82. The Morgan fingerprint density at radius 3 is 2.74 bits per heavy atom. The lowest BCUT2D eigenvalue weighted by molar-refractivity contribution is -0.134. The summed E-state index contributed by atoms with van der Waals surface area (Å²) in [6, 6.07) is 0.390. The number of hydrogen-bond acceptors (Lipinski definition) is 3. The zero-order valence-corrected chi connectivity index (χ0v) is 12.7. The van der Waals surface area contributed by atoms with Crippen LogP contribution >= 0.6 is 0 Å². The van der Waals surface area contributed by atoms with Gasteiger partial charge in [-0.05, 0) is 31.2 Å². The van der Waals surface area contributed by atoms with Crippen LogP contribution < -0.4 is 5.32 Å². The first-order valence-electron chi connectivity index (χ1n) is 7.68. The number of amides is 1. The van der Waals surface area contributed by atoms with E-state index in [9.17, 15) is 4.79 Å². The first kappa shape index (κ1) is 16.4. The topological polar surface area (TPSA) is 52.6 Å². The summed E-state index contributed by atoms with van der Waals surface area (Å²) in [4.78, 5) is 14.2. The molecule has 1 aliphatic heterocycles. The van der Waals surface area contributed by atoms with Gasteiger partial charge in [0.25, 0.3) is 0 Å². The SMILES string of the molecule is CCC1CC(NCCCO)CN(C(=O)CC(C)C)C1. The van der Waals surface area contributed by atoms with Crippen molar-refractivity contribution in [1.82, 2.24) is 10.2 Å². The molecule has 19 heavy (non-hydrogen) atoms. The van der Waals surface area contributed by atoms with Crippen molar-refractivity contribution in [3.05, 3.63) is 0 Å². The fourth-order valence-electron chi connectivity index (χ4n) is 2.71. The first-order chi connectivity index (χ1) is 9.06. The van der Waals surface area contributed by atoms with Crippen molar-refractivity contribution < 1.29 is 9.90 Å². The molecule has 4 heteroatoms. The Morgan fingerprint density at radius 1 is 1.42 bits per heavy atom. The molecule has 0 saturated carbocycles. The molecule has 0 spiro atoms. The van der Waals surface area contributed by atoms with Gasteiger partial charge in [-0.15, -0.1) is 0 Å². The summed E-state index contributed by atoms with van der Waals surface area (Å²) in [5.41, 5.74) is 0. The second kappa shape index (κ2) is 8.54. The van der Waals surface area contributed by atoms with Crippen LogP contribution in [0, 0.1) is 11.8 Å². The summed E-state index contributed by atoms with van der Waals surface area (Å²) in [5, 5.41) is 12.3. The van der Waals surface area contributed by atoms with Crippen LogP contribution in [0.1, 0.15) is 46.5 Å². The van der Waals surface area contributed by atoms with Crippen LogP contribution in [0.15, 0.2) is 0 Å². The van der Waals surface area contributed by atoms with Crippen molar-refractivity contribution >= 4 is 5.91 Å². The number of carbonyl (C=O) groups is 1. The monoisotopic (exact) mass is 270 g/mol. The maximum Gasteiger partial charge on any atom is 0.222 e. The van der Waals surface area contributed by atoms with Gasteiger partial charge in [-0.2, -0.15) is 0 Å². The Balaban J connectivity index is 2.49. The van der Waals surface area contributed by atoms with E-state index < -0.39 is 0 Å². The van der Waals surface area contributed by atoms with E-state index >= 15 is 0 Å². The number of likely N-dealkylation sites (tertiary alicyclic amines) is 1. The molecule has 112 valence electrons. The Bertz CT molecular complexity index is 269. The van der Waals surface area contributed by atoms with Gasteiger partial charge in [-0.3, -0.25) is 4.79 Å². The van der Waals surface area contributed by atoms with Crippen molar-refractivity contribution in [1.29, 1.82) is 0 Å². The van der Waals surface area contributed by atoms with E-state index in [0.29, 0.717) is 30.2 Å². The van der Waals surface area contributed by atoms with Crippen LogP contribution in [-0.4, -0.2) is 48.2 Å². The minimum absolute atomic E-state index is 0.229. The summed E-state index contributed by atoms with van der Waals surface area (Å²) in [6.45, 7) is 9.20. The molecule has 1 aliphatic rings. The molecule has 2 atom stereocenters. The smallest absolute Gasteiger partial charge is 0.222 e. The molecular weight excluding hydrogens is 240 g/mol. The lowest BCUT2D eigenvalue weighted by Gasteiger charge is -2.38. The number of nitrogens with one attached hydrogen (secondary N) is 1. The zero-order chi connectivity index (χ0) is 14.3. The van der Waals surface area contributed by atoms with Gasteiger partial charge in [0.1, 0.15) is 0 Å². The minimum Gasteiger partial charge on any atom is -0.396 e. The fraction of sp³-hybridized carbons (Fsp3) is 0.933. The lowest BCUT2D eigenvalue weighted by Crippen LogP contribution is -2.51. The number of aliphatic hydroxyl groups excluding tert-OH is 1. The standard InChI is InChI=1S/C15H30N2O2/c1-4-13-9-14(16-6-5-7-18)11-17(10-13)15(19)8-12(2)3/h12-14,16,18H,4-11H2,1-3H3. The average Bonchev–Trinajstić information content (AvgIpc) is 2.38. The minimum atomic E-state index is 0.229. The van der Waals surface area contributed by atoms with E-state index in [4.69, 9.17) is 5.11 Å². The van der Waals surface area contributed by atoms with Gasteiger partial charge in [0, 0.05) is 32.2 Å². The molecule has 0 radical (unpaired) electrons. The molecule has 0 aromatic heterocycles. The van der Waals surface area contributed by atoms with Crippen molar-refractivity contribution in [3.63, 3.8) is 0 Å². The van der Waals surface area contributed by atoms with E-state index in [1.807, 2.05) is 4.90 Å². The Hall–Kier alpha value is -0.610. The molecule has 4 nitrogen and oxygen atoms in total. The molecule has 1 fully saturated rings. The third-order valence-electron chi connectivity index (χ3n) is 3.82. The number of aliphatic hydroxyl groups is 1. The number of hydrogen-bond donors (Lipinski definition) is 2. The second-order valence-electron chi connectivity index (χ2n) is 6.13. The summed E-state index contributed by atoms with van der Waals surface area (Å²) in [5.74, 6) is 1.33. The van der Waals surface area contributed by atoms with Crippen LogP contribution in [0.25, 0.3) is 0 Å². The molecular formula is C15H30N2O2. The van der Waals surface area contributed by atoms with Gasteiger partial charge in [0.15, 0.2) is 0 Å². The van der Waals surface area contributed by atoms with E-state index in [1.54, 1.807) is 0 Å². The number of rotatable bonds is 7. The second-order valence-corrected chi connectivity index (χ2v) is 6.13. The molecule has 0 aromatic rings. The normalized spacial score (nSPS) is 23.9. The summed E-state index contributed by atoms with van der Waals surface area (Å²) in [7, 11) is 0. The largest absolute Gasteiger partial charge is 0.396 e. The first-order valence-corrected chi connectivity index (χ1v) is 7.68. The Morgan fingerprint density at radius 2 is 2.16 bits per heavy atom. The van der Waals surface area contributed by atoms with Crippen molar-refractivity contribution in [2.24, 2.45) is 11.8 Å². The Labute approximate surface area is 117 Å². The predicted molar refractivity (Wildman–Crippen MR) is 77.9 cm³/mol. The highest BCUT2D eigenvalue weighted by Crippen LogP contribution is 2.21. The third kappa shape index (κ3) is 5.91. The molecule has 0 aromatic carbocycles. The highest BCUT2D eigenvalue weighted by molar-refractivity contribution is 5.76. The van der Waals surface area contributed by atoms with Crippen LogP contribution in [0.2, 0.25) is 0 Å². The summed E-state index contributed by atoms with van der Waals surface area (Å²) >= 11 is 0. The maximum absolute atomic E-state index is 12.2. The summed E-state index contributed by atoms with van der Waals surface area (Å²) in [6.07, 6.45) is 3.71. The molecule has 1 saturated heterocycles. The van der Waals surface area contributed by atoms with E-state index in [-0.39, 0.29) is 6.61 Å². The lowest BCUT2D eigenvalue weighted by atomic mass is 9.91. The van der Waals surface area contributed by atoms with Crippen molar-refractivity contribution in [3.8, 4) is 0 Å². The zero-order valence-electron chi connectivity index (χ0n) is 12.7. The Kier molecular flexibility index (Phi) is 7.39. The average molecular weight is 270 g/mol. The van der Waals surface area contributed by atoms with Gasteiger partial charge in [0.2, 0.25) is 5.91 Å². The molecule has 1 heterocycles. The van der Waals surface area contributed by atoms with Gasteiger partial charge in [-0.25, -0.2) is 0 Å².